The zero-order valence-corrected chi connectivity index (χ0v) is 31.1. The summed E-state index contributed by atoms with van der Waals surface area (Å²) in [6.45, 7) is 0.175. The van der Waals surface area contributed by atoms with Gasteiger partial charge in [0.2, 0.25) is 29.5 Å². The van der Waals surface area contributed by atoms with Crippen molar-refractivity contribution >= 4 is 70.3 Å². The van der Waals surface area contributed by atoms with Gasteiger partial charge in [0.15, 0.2) is 0 Å². The lowest BCUT2D eigenvalue weighted by atomic mass is 10.0. The largest absolute Gasteiger partial charge is 0.481 e. The number of aromatic nitrogens is 1. The number of benzene rings is 1. The lowest BCUT2D eigenvalue weighted by Gasteiger charge is -2.27. The smallest absolute Gasteiger partial charge is 0.326 e. The summed E-state index contributed by atoms with van der Waals surface area (Å²) >= 11 is 0. The molecular weight excluding hydrogens is 772 g/mol. The van der Waals surface area contributed by atoms with Crippen LogP contribution >= 0.6 is 0 Å². The number of carbonyl (C=O) groups excluding carboxylic acids is 5. The monoisotopic (exact) mass is 820 g/mol. The molecule has 0 unspecified atom stereocenters. The number of hydrogen-bond acceptors (Lipinski definition) is 12. The number of fused-ring (bicyclic) bond motifs is 1. The second-order valence-electron chi connectivity index (χ2n) is 13.2. The number of unbranched alkanes of at least 4 members (excludes halogenated alkanes) is 1. The van der Waals surface area contributed by atoms with E-state index in [2.05, 4.69) is 26.3 Å². The van der Waals surface area contributed by atoms with Crippen molar-refractivity contribution in [1.82, 2.24) is 31.6 Å². The van der Waals surface area contributed by atoms with Gasteiger partial charge in [-0.15, -0.1) is 0 Å². The Kier molecular flexibility index (Phi) is 19.2. The molecule has 23 nitrogen and oxygen atoms in total. The molecule has 1 heterocycles. The molecule has 1 aromatic heterocycles. The molecule has 0 aliphatic rings. The molecule has 58 heavy (non-hydrogen) atoms. The molecule has 2 rings (SSSR count). The van der Waals surface area contributed by atoms with Crippen LogP contribution in [0.3, 0.4) is 0 Å². The number of nitrogens with two attached hydrogens (primary N) is 2. The van der Waals surface area contributed by atoms with E-state index in [1.165, 1.54) is 6.20 Å². The van der Waals surface area contributed by atoms with Gasteiger partial charge in [-0.05, 0) is 50.3 Å². The number of carbonyl (C=O) groups is 10. The van der Waals surface area contributed by atoms with Gasteiger partial charge >= 0.3 is 29.8 Å². The first-order valence-corrected chi connectivity index (χ1v) is 17.9. The fraction of sp³-hybridized carbons (Fsp3) is 0.486. The molecule has 0 aliphatic carbocycles. The summed E-state index contributed by atoms with van der Waals surface area (Å²) < 4.78 is 0. The van der Waals surface area contributed by atoms with Gasteiger partial charge in [-0.3, -0.25) is 43.2 Å². The second kappa shape index (κ2) is 23.4. The number of para-hydroxylation sites is 1. The minimum atomic E-state index is -1.88. The summed E-state index contributed by atoms with van der Waals surface area (Å²) in [7, 11) is 0. The molecule has 0 radical (unpaired) electrons. The van der Waals surface area contributed by atoms with E-state index < -0.39 is 128 Å². The molecule has 0 saturated carbocycles. The van der Waals surface area contributed by atoms with Gasteiger partial charge in [-0.25, -0.2) is 4.79 Å². The highest BCUT2D eigenvalue weighted by Crippen LogP contribution is 2.20. The van der Waals surface area contributed by atoms with Gasteiger partial charge in [0.05, 0.1) is 18.9 Å². The predicted octanol–water partition coefficient (Wildman–Crippen LogP) is -2.65. The van der Waals surface area contributed by atoms with Crippen LogP contribution in [0.1, 0.15) is 63.4 Å². The molecule has 23 heteroatoms. The standard InChI is InChI=1S/C35H48N8O15/c36-12-4-3-7-21(31(53)43-25(35(57)58)15-29(50)51)39-32(54)22(9-11-27(46)47)40-33(55)23(13-17-16-38-20-6-2-1-5-18(17)20)42-34(56)24(14-28(48)49)41-30(52)19(37)8-10-26(44)45/h1-2,5-6,16,19,21-25,38H,3-4,7-15,36-37H2,(H,39,54)(H,40,55)(H,41,52)(H,42,56)(H,43,53)(H,44,45)(H,46,47)(H,48,49)(H,50,51)(H,57,58)/t19-,21-,22-,23-,24-,25-/m0/s1. The molecule has 1 aromatic carbocycles. The zero-order valence-electron chi connectivity index (χ0n) is 31.1. The molecule has 0 aliphatic heterocycles. The average molecular weight is 821 g/mol. The molecule has 0 bridgehead atoms. The third-order valence-electron chi connectivity index (χ3n) is 8.60. The van der Waals surface area contributed by atoms with Crippen LogP contribution in [0.25, 0.3) is 10.9 Å². The van der Waals surface area contributed by atoms with Crippen molar-refractivity contribution in [3.05, 3.63) is 36.0 Å². The van der Waals surface area contributed by atoms with Gasteiger partial charge in [-0.1, -0.05) is 18.2 Å². The highest BCUT2D eigenvalue weighted by atomic mass is 16.4. The Morgan fingerprint density at radius 2 is 1.05 bits per heavy atom. The highest BCUT2D eigenvalue weighted by Gasteiger charge is 2.34. The van der Waals surface area contributed by atoms with Crippen molar-refractivity contribution in [2.75, 3.05) is 6.54 Å². The van der Waals surface area contributed by atoms with Crippen LogP contribution in [0.15, 0.2) is 30.5 Å². The van der Waals surface area contributed by atoms with E-state index in [0.29, 0.717) is 22.9 Å². The lowest BCUT2D eigenvalue weighted by molar-refractivity contribution is -0.147. The topological polar surface area (TPSA) is 400 Å². The van der Waals surface area contributed by atoms with Crippen LogP contribution in [0.2, 0.25) is 0 Å². The number of nitrogens with one attached hydrogen (secondary N) is 6. The zero-order chi connectivity index (χ0) is 43.5. The van der Waals surface area contributed by atoms with E-state index >= 15 is 0 Å². The summed E-state index contributed by atoms with van der Waals surface area (Å²) in [5, 5.41) is 58.2. The Morgan fingerprint density at radius 3 is 1.62 bits per heavy atom. The Bertz CT molecular complexity index is 1830. The highest BCUT2D eigenvalue weighted by molar-refractivity contribution is 5.98. The average Bonchev–Trinajstić information content (AvgIpc) is 3.55. The lowest BCUT2D eigenvalue weighted by Crippen LogP contribution is -2.60. The van der Waals surface area contributed by atoms with Crippen LogP contribution in [-0.2, 0) is 54.4 Å². The molecule has 0 spiro atoms. The van der Waals surface area contributed by atoms with E-state index in [1.807, 2.05) is 5.32 Å². The maximum absolute atomic E-state index is 14.0. The summed E-state index contributed by atoms with van der Waals surface area (Å²) in [6, 6.07) is -3.23. The molecule has 0 saturated heterocycles. The predicted molar refractivity (Wildman–Crippen MR) is 198 cm³/mol. The maximum Gasteiger partial charge on any atom is 0.326 e. The van der Waals surface area contributed by atoms with Gasteiger partial charge in [0.1, 0.15) is 30.2 Å². The van der Waals surface area contributed by atoms with E-state index in [1.54, 1.807) is 24.3 Å². The number of hydrogen-bond donors (Lipinski definition) is 13. The molecule has 318 valence electrons. The van der Waals surface area contributed by atoms with Crippen molar-refractivity contribution < 1.29 is 73.5 Å². The molecule has 2 aromatic rings. The number of rotatable bonds is 27. The van der Waals surface area contributed by atoms with E-state index in [4.69, 9.17) is 21.7 Å². The van der Waals surface area contributed by atoms with E-state index in [0.717, 1.165) is 0 Å². The van der Waals surface area contributed by atoms with Gasteiger partial charge in [0.25, 0.3) is 0 Å². The van der Waals surface area contributed by atoms with E-state index in [9.17, 15) is 63.3 Å². The van der Waals surface area contributed by atoms with Crippen molar-refractivity contribution in [1.29, 1.82) is 0 Å². The van der Waals surface area contributed by atoms with Crippen molar-refractivity contribution in [3.8, 4) is 0 Å². The Balaban J connectivity index is 2.47. The normalized spacial score (nSPS) is 14.0. The van der Waals surface area contributed by atoms with Gasteiger partial charge in [0, 0.05) is 36.4 Å². The minimum absolute atomic E-state index is 0.135. The van der Waals surface area contributed by atoms with Gasteiger partial charge < -0.3 is 68.6 Å². The quantitative estimate of drug-likeness (QED) is 0.0409. The third kappa shape index (κ3) is 16.2. The first-order valence-electron chi connectivity index (χ1n) is 17.9. The molecule has 6 atom stereocenters. The fourth-order valence-electron chi connectivity index (χ4n) is 5.56. The number of carboxylic acid groups (broad SMARTS) is 5. The number of carboxylic acids is 5. The summed E-state index contributed by atoms with van der Waals surface area (Å²) in [6.07, 6.45) is -2.50. The van der Waals surface area contributed by atoms with Crippen LogP contribution < -0.4 is 38.1 Å². The number of aliphatic carboxylic acids is 5. The first kappa shape index (κ1) is 47.5. The number of H-pyrrole nitrogens is 1. The summed E-state index contributed by atoms with van der Waals surface area (Å²) in [5.41, 5.74) is 12.3. The van der Waals surface area contributed by atoms with E-state index in [-0.39, 0.29) is 32.2 Å². The van der Waals surface area contributed by atoms with Crippen LogP contribution in [0, 0.1) is 0 Å². The van der Waals surface area contributed by atoms with Crippen LogP contribution in [0.5, 0.6) is 0 Å². The maximum atomic E-state index is 14.0. The first-order chi connectivity index (χ1) is 27.3. The van der Waals surface area contributed by atoms with Crippen molar-refractivity contribution in [2.45, 2.75) is 100 Å². The van der Waals surface area contributed by atoms with Crippen molar-refractivity contribution in [2.24, 2.45) is 11.5 Å². The van der Waals surface area contributed by atoms with Crippen molar-refractivity contribution in [3.63, 3.8) is 0 Å². The summed E-state index contributed by atoms with van der Waals surface area (Å²) in [4.78, 5) is 127. The van der Waals surface area contributed by atoms with Gasteiger partial charge in [-0.2, -0.15) is 0 Å². The fourth-order valence-corrected chi connectivity index (χ4v) is 5.56. The minimum Gasteiger partial charge on any atom is -0.481 e. The number of amides is 5. The second-order valence-corrected chi connectivity index (χ2v) is 13.2. The van der Waals surface area contributed by atoms with Crippen LogP contribution in [-0.4, -0.2) is 133 Å². The third-order valence-corrected chi connectivity index (χ3v) is 8.60. The SMILES string of the molecule is NCCCC[C@H](NC(=O)[C@H](CCC(=O)O)NC(=O)[C@H](Cc1c[nH]c2ccccc12)NC(=O)[C@H](CC(=O)O)NC(=O)[C@@H](N)CCC(=O)O)C(=O)N[C@@H](CC(=O)O)C(=O)O. The molecular formula is C35H48N8O15. The Labute approximate surface area is 329 Å². The Morgan fingerprint density at radius 1 is 0.569 bits per heavy atom. The Hall–Kier alpha value is -6.62. The molecule has 0 fully saturated rings. The molecule has 15 N–H and O–H groups in total. The van der Waals surface area contributed by atoms with Crippen LogP contribution in [0.4, 0.5) is 0 Å². The summed E-state index contributed by atoms with van der Waals surface area (Å²) in [5.74, 6) is -13.0. The number of aromatic amines is 1. The molecule has 5 amide bonds.